The predicted octanol–water partition coefficient (Wildman–Crippen LogP) is 10.7. The number of aryl methyl sites for hydroxylation is 1. The van der Waals surface area contributed by atoms with Crippen molar-refractivity contribution in [3.8, 4) is 0 Å². The average molecular weight is 1050 g/mol. The lowest BCUT2D eigenvalue weighted by molar-refractivity contribution is -0.135. The molecule has 4 atom stereocenters. The molecule has 9 rings (SSSR count). The third kappa shape index (κ3) is 20.0. The van der Waals surface area contributed by atoms with Gasteiger partial charge in [0.05, 0.1) is 32.3 Å². The highest BCUT2D eigenvalue weighted by Crippen LogP contribution is 2.38. The molecule has 1 saturated carbocycles. The average Bonchev–Trinajstić information content (AvgIpc) is 3.48. The van der Waals surface area contributed by atoms with E-state index in [9.17, 15) is 29.1 Å². The summed E-state index contributed by atoms with van der Waals surface area (Å²) in [5, 5.41) is 20.2. The van der Waals surface area contributed by atoms with Gasteiger partial charge in [-0.1, -0.05) is 182 Å². The summed E-state index contributed by atoms with van der Waals surface area (Å²) in [6, 6.07) is 59.6. The fraction of sp³-hybridized carbons (Fsp3) is 0.313. The molecular formula is C67H75N3O8. The molecule has 11 nitrogen and oxygen atoms in total. The third-order valence-corrected chi connectivity index (χ3v) is 14.1. The Labute approximate surface area is 461 Å². The standard InChI is InChI=1S/C28H35N3O3.C19H18O2.C10H10O2.C10H12O/c32-18-17-31-15-13-30(14-16-31)12-11-29-21-26-27(33)24(19-22-7-3-1-4-8-22)20-25(28(26)34)23-9-5-2-6-10-23;20-17-12-16(11-14-7-3-1-4-8-14)19(18(21)13-17)15-9-5-2-6-10-15;1-12-10(11)8-7-9-5-3-2-4-6-9;1-9(11)7-8-10-5-3-2-4-6-10/h1-10,21,24-25,32-33H,11-20H2;1-10,16,19H,11-13H2;2-8H,1H3;2-6H,7-8H2,1H3/b;;8-7+;. The zero-order valence-electron chi connectivity index (χ0n) is 45.2. The monoisotopic (exact) mass is 1050 g/mol. The Hall–Kier alpha value is -7.70. The number of carbonyl (C=O) groups excluding carboxylic acids is 5. The van der Waals surface area contributed by atoms with Gasteiger partial charge in [0.25, 0.3) is 0 Å². The van der Waals surface area contributed by atoms with Gasteiger partial charge in [0.1, 0.15) is 23.1 Å². The molecule has 6 aromatic carbocycles. The molecule has 406 valence electrons. The Balaban J connectivity index is 0.000000189. The topological polar surface area (TPSA) is 154 Å². The number of aliphatic hydroxyl groups excluding tert-OH is 2. The number of aliphatic hydroxyl groups is 2. The lowest BCUT2D eigenvalue weighted by Crippen LogP contribution is -2.47. The van der Waals surface area contributed by atoms with Crippen LogP contribution in [0.1, 0.15) is 77.8 Å². The summed E-state index contributed by atoms with van der Waals surface area (Å²) in [6.07, 6.45) is 8.90. The number of β-amino-alcohol motifs (C(OH)–C–C–N with tert-alkyl or cyclic N) is 1. The molecule has 2 fully saturated rings. The van der Waals surface area contributed by atoms with E-state index in [4.69, 9.17) is 5.11 Å². The highest BCUT2D eigenvalue weighted by molar-refractivity contribution is 6.17. The second-order valence-electron chi connectivity index (χ2n) is 19.9. The minimum atomic E-state index is -0.334. The summed E-state index contributed by atoms with van der Waals surface area (Å²) in [4.78, 5) is 68.1. The van der Waals surface area contributed by atoms with Crippen molar-refractivity contribution in [3.63, 3.8) is 0 Å². The predicted molar refractivity (Wildman–Crippen MR) is 310 cm³/mol. The van der Waals surface area contributed by atoms with Gasteiger partial charge >= 0.3 is 5.97 Å². The van der Waals surface area contributed by atoms with E-state index in [1.165, 1.54) is 24.3 Å². The first-order valence-electron chi connectivity index (χ1n) is 27.1. The highest BCUT2D eigenvalue weighted by atomic mass is 16.5. The Bertz CT molecular complexity index is 2850. The van der Waals surface area contributed by atoms with Crippen LogP contribution in [-0.4, -0.2) is 115 Å². The van der Waals surface area contributed by atoms with E-state index in [1.807, 2.05) is 158 Å². The highest BCUT2D eigenvalue weighted by Gasteiger charge is 2.38. The maximum atomic E-state index is 13.4. The Morgan fingerprint density at radius 1 is 0.654 bits per heavy atom. The molecule has 0 radical (unpaired) electrons. The number of methoxy groups -OCH3 is 1. The van der Waals surface area contributed by atoms with Gasteiger partial charge in [-0.25, -0.2) is 4.79 Å². The second kappa shape index (κ2) is 32.8. The van der Waals surface area contributed by atoms with Crippen LogP contribution in [0.2, 0.25) is 0 Å². The number of hydrogen-bond acceptors (Lipinski definition) is 11. The number of carbonyl (C=O) groups is 5. The molecule has 1 saturated heterocycles. The van der Waals surface area contributed by atoms with E-state index in [0.29, 0.717) is 37.8 Å². The first-order valence-corrected chi connectivity index (χ1v) is 27.1. The summed E-state index contributed by atoms with van der Waals surface area (Å²) in [5.74, 6) is -0.276. The van der Waals surface area contributed by atoms with Gasteiger partial charge in [0.15, 0.2) is 5.78 Å². The molecule has 0 spiro atoms. The van der Waals surface area contributed by atoms with Crippen molar-refractivity contribution in [1.29, 1.82) is 0 Å². The summed E-state index contributed by atoms with van der Waals surface area (Å²) in [7, 11) is 1.36. The van der Waals surface area contributed by atoms with Crippen LogP contribution in [0.5, 0.6) is 0 Å². The minimum absolute atomic E-state index is 0.0469. The number of rotatable bonds is 17. The molecule has 6 aromatic rings. The molecule has 0 bridgehead atoms. The van der Waals surface area contributed by atoms with Crippen molar-refractivity contribution in [1.82, 2.24) is 9.80 Å². The quantitative estimate of drug-likeness (QED) is 0.0391. The summed E-state index contributed by atoms with van der Waals surface area (Å²) in [5.41, 5.74) is 6.95. The summed E-state index contributed by atoms with van der Waals surface area (Å²) >= 11 is 0. The zero-order valence-corrected chi connectivity index (χ0v) is 45.2. The van der Waals surface area contributed by atoms with Crippen LogP contribution >= 0.6 is 0 Å². The van der Waals surface area contributed by atoms with Gasteiger partial charge in [0, 0.05) is 82.2 Å². The number of esters is 1. The van der Waals surface area contributed by atoms with E-state index in [1.54, 1.807) is 19.2 Å². The summed E-state index contributed by atoms with van der Waals surface area (Å²) in [6.45, 7) is 7.78. The fourth-order valence-corrected chi connectivity index (χ4v) is 9.99. The van der Waals surface area contributed by atoms with E-state index in [2.05, 4.69) is 43.8 Å². The number of allylic oxidation sites excluding steroid dienone is 2. The number of hydrogen-bond donors (Lipinski definition) is 2. The van der Waals surface area contributed by atoms with E-state index >= 15 is 0 Å². The number of piperazine rings is 1. The van der Waals surface area contributed by atoms with E-state index in [0.717, 1.165) is 74.4 Å². The van der Waals surface area contributed by atoms with Crippen molar-refractivity contribution < 1.29 is 38.9 Å². The Morgan fingerprint density at radius 2 is 1.15 bits per heavy atom. The van der Waals surface area contributed by atoms with E-state index in [-0.39, 0.29) is 71.6 Å². The van der Waals surface area contributed by atoms with Crippen LogP contribution in [-0.2, 0) is 48.0 Å². The van der Waals surface area contributed by atoms with Crippen LogP contribution in [0, 0.1) is 11.8 Å². The number of Topliss-reactive ketones (excluding diaryl/α,β-unsaturated/α-hetero) is 4. The van der Waals surface area contributed by atoms with Crippen molar-refractivity contribution in [2.75, 3.05) is 59.5 Å². The maximum Gasteiger partial charge on any atom is 0.330 e. The van der Waals surface area contributed by atoms with Gasteiger partial charge in [-0.2, -0.15) is 0 Å². The van der Waals surface area contributed by atoms with Gasteiger partial charge in [-0.15, -0.1) is 0 Å². The largest absolute Gasteiger partial charge is 0.511 e. The third-order valence-electron chi connectivity index (χ3n) is 14.1. The van der Waals surface area contributed by atoms with Gasteiger partial charge in [-0.05, 0) is 78.0 Å². The lowest BCUT2D eigenvalue weighted by atomic mass is 9.72. The molecule has 1 aliphatic heterocycles. The van der Waals surface area contributed by atoms with Crippen molar-refractivity contribution >= 4 is 41.4 Å². The Kier molecular flexibility index (Phi) is 25.0. The molecular weight excluding hydrogens is 975 g/mol. The van der Waals surface area contributed by atoms with Crippen LogP contribution in [0.25, 0.3) is 6.08 Å². The second-order valence-corrected chi connectivity index (χ2v) is 19.9. The molecule has 4 unspecified atom stereocenters. The fourth-order valence-electron chi connectivity index (χ4n) is 9.99. The number of nitrogens with zero attached hydrogens (tertiary/aromatic N) is 3. The normalized spacial score (nSPS) is 18.7. The summed E-state index contributed by atoms with van der Waals surface area (Å²) < 4.78 is 4.45. The number of aliphatic imine (C=N–C) groups is 1. The molecule has 2 aliphatic carbocycles. The molecule has 0 amide bonds. The number of ketones is 4. The molecule has 11 heteroatoms. The van der Waals surface area contributed by atoms with Crippen LogP contribution < -0.4 is 0 Å². The Morgan fingerprint density at radius 3 is 1.69 bits per heavy atom. The van der Waals surface area contributed by atoms with Crippen LogP contribution in [0.15, 0.2) is 204 Å². The molecule has 1 heterocycles. The molecule has 78 heavy (non-hydrogen) atoms. The van der Waals surface area contributed by atoms with Crippen LogP contribution in [0.4, 0.5) is 0 Å². The van der Waals surface area contributed by atoms with Crippen molar-refractivity contribution in [3.05, 3.63) is 233 Å². The number of ether oxygens (including phenoxy) is 1. The van der Waals surface area contributed by atoms with E-state index < -0.39 is 0 Å². The van der Waals surface area contributed by atoms with Gasteiger partial charge in [-0.3, -0.25) is 29.2 Å². The lowest BCUT2D eigenvalue weighted by Gasteiger charge is -2.33. The minimum Gasteiger partial charge on any atom is -0.511 e. The van der Waals surface area contributed by atoms with Crippen molar-refractivity contribution in [2.45, 2.75) is 63.7 Å². The van der Waals surface area contributed by atoms with Crippen molar-refractivity contribution in [2.24, 2.45) is 16.8 Å². The molecule has 2 N–H and O–H groups in total. The first kappa shape index (κ1) is 59.5. The zero-order chi connectivity index (χ0) is 55.3. The molecule has 0 aromatic heterocycles. The van der Waals surface area contributed by atoms with Gasteiger partial charge < -0.3 is 19.7 Å². The van der Waals surface area contributed by atoms with Gasteiger partial charge in [0.2, 0.25) is 0 Å². The molecule has 3 aliphatic rings. The smallest absolute Gasteiger partial charge is 0.330 e. The maximum absolute atomic E-state index is 13.4. The number of benzene rings is 6. The first-order chi connectivity index (χ1) is 38.0. The van der Waals surface area contributed by atoms with Crippen LogP contribution in [0.3, 0.4) is 0 Å². The SMILES string of the molecule is CC(=O)CCc1ccccc1.COC(=O)/C=C/c1ccccc1.O=C1C(C=NCCN2CCN(CCO)CC2)=C(O)C(Cc2ccccc2)CC1c1ccccc1.O=C1CC(=O)C(c2ccccc2)C(Cc2ccccc2)C1.